The summed E-state index contributed by atoms with van der Waals surface area (Å²) >= 11 is 8.58. The fourth-order valence-electron chi connectivity index (χ4n) is 0.423. The molecule has 1 saturated carbocycles. The van der Waals surface area contributed by atoms with Crippen LogP contribution >= 0.6 is 27.5 Å². The number of rotatable bonds is 1. The van der Waals surface area contributed by atoms with Crippen molar-refractivity contribution < 1.29 is 9.90 Å². The maximum atomic E-state index is 10.1. The molecular weight excluding hydrogens is 195 g/mol. The van der Waals surface area contributed by atoms with Gasteiger partial charge in [0, 0.05) is 4.83 Å². The van der Waals surface area contributed by atoms with Crippen LogP contribution in [0.2, 0.25) is 0 Å². The van der Waals surface area contributed by atoms with Crippen LogP contribution < -0.4 is 0 Å². The van der Waals surface area contributed by atoms with Crippen LogP contribution in [0.5, 0.6) is 0 Å². The highest BCUT2D eigenvalue weighted by atomic mass is 79.9. The zero-order chi connectivity index (χ0) is 6.36. The minimum atomic E-state index is -0.986. The molecule has 1 fully saturated rings. The topological polar surface area (TPSA) is 37.3 Å². The number of carboxylic acid groups (broad SMARTS) is 1. The zero-order valence-corrected chi connectivity index (χ0v) is 6.24. The van der Waals surface area contributed by atoms with E-state index < -0.39 is 10.8 Å². The van der Waals surface area contributed by atoms with Crippen LogP contribution in [-0.4, -0.2) is 20.8 Å². The Balaban J connectivity index is 2.60. The third-order valence-corrected chi connectivity index (χ3v) is 3.12. The largest absolute Gasteiger partial charge is 0.480 e. The first-order valence-electron chi connectivity index (χ1n) is 2.14. The van der Waals surface area contributed by atoms with Crippen LogP contribution in [0.4, 0.5) is 0 Å². The third-order valence-electron chi connectivity index (χ3n) is 1.17. The monoisotopic (exact) mass is 198 g/mol. The van der Waals surface area contributed by atoms with E-state index in [4.69, 9.17) is 16.7 Å². The molecule has 0 saturated heterocycles. The number of alkyl halides is 2. The Morgan fingerprint density at radius 2 is 2.38 bits per heavy atom. The van der Waals surface area contributed by atoms with E-state index in [1.165, 1.54) is 0 Å². The molecule has 46 valence electrons. The van der Waals surface area contributed by atoms with Crippen molar-refractivity contribution in [3.8, 4) is 0 Å². The van der Waals surface area contributed by atoms with Gasteiger partial charge in [-0.25, -0.2) is 0 Å². The summed E-state index contributed by atoms with van der Waals surface area (Å²) in [5.41, 5.74) is 0. The Bertz CT molecular complexity index is 138. The minimum Gasteiger partial charge on any atom is -0.480 e. The first-order valence-corrected chi connectivity index (χ1v) is 3.43. The number of hydrogen-bond acceptors (Lipinski definition) is 1. The van der Waals surface area contributed by atoms with E-state index in [0.717, 1.165) is 0 Å². The van der Waals surface area contributed by atoms with Crippen molar-refractivity contribution in [1.82, 2.24) is 0 Å². The van der Waals surface area contributed by atoms with Crippen LogP contribution in [0.15, 0.2) is 0 Å². The van der Waals surface area contributed by atoms with Crippen molar-refractivity contribution in [2.24, 2.45) is 0 Å². The van der Waals surface area contributed by atoms with Crippen molar-refractivity contribution in [3.05, 3.63) is 0 Å². The highest BCUT2D eigenvalue weighted by Crippen LogP contribution is 2.48. The van der Waals surface area contributed by atoms with Crippen molar-refractivity contribution >= 4 is 33.5 Å². The molecule has 0 bridgehead atoms. The summed E-state index contributed by atoms with van der Waals surface area (Å²) in [5, 5.41) is 8.32. The van der Waals surface area contributed by atoms with Crippen molar-refractivity contribution in [1.29, 1.82) is 0 Å². The molecule has 2 nitrogen and oxygen atoms in total. The predicted molar refractivity (Wildman–Crippen MR) is 33.6 cm³/mol. The summed E-state index contributed by atoms with van der Waals surface area (Å²) in [5.74, 6) is -0.930. The molecule has 0 aromatic carbocycles. The fourth-order valence-corrected chi connectivity index (χ4v) is 1.47. The molecule has 0 aromatic rings. The standard InChI is InChI=1S/C4H4BrClO2/c5-2-1-4(2,6)3(7)8/h2H,1H2,(H,7,8). The van der Waals surface area contributed by atoms with Gasteiger partial charge in [-0.15, -0.1) is 11.6 Å². The molecule has 0 aromatic heterocycles. The second kappa shape index (κ2) is 1.61. The highest BCUT2D eigenvalue weighted by Gasteiger charge is 2.58. The molecule has 0 heterocycles. The van der Waals surface area contributed by atoms with Gasteiger partial charge in [-0.1, -0.05) is 15.9 Å². The van der Waals surface area contributed by atoms with Crippen molar-refractivity contribution in [2.45, 2.75) is 16.1 Å². The second-order valence-electron chi connectivity index (χ2n) is 1.84. The van der Waals surface area contributed by atoms with Gasteiger partial charge < -0.3 is 5.11 Å². The fraction of sp³-hybridized carbons (Fsp3) is 0.750. The highest BCUT2D eigenvalue weighted by molar-refractivity contribution is 9.09. The molecule has 0 amide bonds. The maximum absolute atomic E-state index is 10.1. The number of aliphatic carboxylic acids is 1. The van der Waals surface area contributed by atoms with Crippen LogP contribution in [0, 0.1) is 0 Å². The zero-order valence-electron chi connectivity index (χ0n) is 3.90. The number of halogens is 2. The summed E-state index contributed by atoms with van der Waals surface area (Å²) in [4.78, 5) is 9.11. The van der Waals surface area contributed by atoms with Crippen molar-refractivity contribution in [2.75, 3.05) is 0 Å². The lowest BCUT2D eigenvalue weighted by Gasteiger charge is -1.94. The Morgan fingerprint density at radius 3 is 2.38 bits per heavy atom. The summed E-state index contributed by atoms with van der Waals surface area (Å²) in [6.45, 7) is 0. The number of carbonyl (C=O) groups is 1. The Labute approximate surface area is 60.0 Å². The van der Waals surface area contributed by atoms with Crippen LogP contribution in [-0.2, 0) is 4.79 Å². The molecule has 1 aliphatic rings. The average molecular weight is 199 g/mol. The van der Waals surface area contributed by atoms with E-state index in [1.54, 1.807) is 0 Å². The van der Waals surface area contributed by atoms with Gasteiger partial charge in [0.15, 0.2) is 4.87 Å². The summed E-state index contributed by atoms with van der Waals surface area (Å²) in [6, 6.07) is 0. The average Bonchev–Trinajstić information content (AvgIpc) is 2.17. The van der Waals surface area contributed by atoms with Gasteiger partial charge in [0.05, 0.1) is 0 Å². The van der Waals surface area contributed by atoms with E-state index in [-0.39, 0.29) is 4.83 Å². The molecule has 0 radical (unpaired) electrons. The molecule has 8 heavy (non-hydrogen) atoms. The van der Waals surface area contributed by atoms with Gasteiger partial charge in [0.25, 0.3) is 0 Å². The lowest BCUT2D eigenvalue weighted by atomic mass is 10.4. The van der Waals surface area contributed by atoms with E-state index in [2.05, 4.69) is 15.9 Å². The lowest BCUT2D eigenvalue weighted by molar-refractivity contribution is -0.137. The summed E-state index contributed by atoms with van der Waals surface area (Å²) in [7, 11) is 0. The SMILES string of the molecule is O=C(O)C1(Cl)CC1Br. The van der Waals surface area contributed by atoms with Gasteiger partial charge in [0.2, 0.25) is 0 Å². The number of hydrogen-bond donors (Lipinski definition) is 1. The molecule has 0 spiro atoms. The third kappa shape index (κ3) is 0.738. The predicted octanol–water partition coefficient (Wildman–Crippen LogP) is 1.22. The Morgan fingerprint density at radius 1 is 2.00 bits per heavy atom. The van der Waals surface area contributed by atoms with Crippen LogP contribution in [0.3, 0.4) is 0 Å². The van der Waals surface area contributed by atoms with Gasteiger partial charge in [0.1, 0.15) is 0 Å². The molecule has 2 atom stereocenters. The van der Waals surface area contributed by atoms with E-state index in [0.29, 0.717) is 6.42 Å². The molecule has 2 unspecified atom stereocenters. The molecule has 1 rings (SSSR count). The molecule has 4 heteroatoms. The number of carboxylic acids is 1. The smallest absolute Gasteiger partial charge is 0.325 e. The van der Waals surface area contributed by atoms with Gasteiger partial charge >= 0.3 is 5.97 Å². The van der Waals surface area contributed by atoms with Gasteiger partial charge in [-0.05, 0) is 6.42 Å². The van der Waals surface area contributed by atoms with Crippen LogP contribution in [0.1, 0.15) is 6.42 Å². The van der Waals surface area contributed by atoms with E-state index in [9.17, 15) is 4.79 Å². The summed E-state index contributed by atoms with van der Waals surface area (Å²) < 4.78 is 0. The Hall–Kier alpha value is 0.240. The Kier molecular flexibility index (Phi) is 1.28. The van der Waals surface area contributed by atoms with E-state index >= 15 is 0 Å². The quantitative estimate of drug-likeness (QED) is 0.645. The van der Waals surface area contributed by atoms with E-state index in [1.807, 2.05) is 0 Å². The van der Waals surface area contributed by atoms with Crippen LogP contribution in [0.25, 0.3) is 0 Å². The lowest BCUT2D eigenvalue weighted by Crippen LogP contribution is -2.16. The molecule has 1 N–H and O–H groups in total. The van der Waals surface area contributed by atoms with Gasteiger partial charge in [-0.3, -0.25) is 4.79 Å². The summed E-state index contributed by atoms with van der Waals surface area (Å²) in [6.07, 6.45) is 0.532. The molecule has 0 aliphatic heterocycles. The minimum absolute atomic E-state index is 0.0332. The maximum Gasteiger partial charge on any atom is 0.325 e. The van der Waals surface area contributed by atoms with Crippen molar-refractivity contribution in [3.63, 3.8) is 0 Å². The van der Waals surface area contributed by atoms with Gasteiger partial charge in [-0.2, -0.15) is 0 Å². The second-order valence-corrected chi connectivity index (χ2v) is 3.62. The normalized spacial score (nSPS) is 44.0. The first-order chi connectivity index (χ1) is 3.57. The first kappa shape index (κ1) is 6.36. The molecular formula is C4H4BrClO2. The molecule has 1 aliphatic carbocycles.